The van der Waals surface area contributed by atoms with Gasteiger partial charge < -0.3 is 4.74 Å². The summed E-state index contributed by atoms with van der Waals surface area (Å²) >= 11 is 0. The van der Waals surface area contributed by atoms with Gasteiger partial charge in [0.2, 0.25) is 0 Å². The Kier molecular flexibility index (Phi) is 6.30. The van der Waals surface area contributed by atoms with E-state index in [0.29, 0.717) is 6.61 Å². The molecule has 0 saturated heterocycles. The third-order valence-corrected chi connectivity index (χ3v) is 2.44. The molecule has 1 aromatic heterocycles. The normalized spacial score (nSPS) is 10.3. The molecule has 16 heavy (non-hydrogen) atoms. The van der Waals surface area contributed by atoms with Crippen LogP contribution in [-0.2, 0) is 4.74 Å². The molecule has 4 heteroatoms. The van der Waals surface area contributed by atoms with Crippen molar-refractivity contribution in [1.29, 1.82) is 0 Å². The fourth-order valence-corrected chi connectivity index (χ4v) is 1.48. The molecule has 0 unspecified atom stereocenters. The average Bonchev–Trinajstić information content (AvgIpc) is 2.81. The van der Waals surface area contributed by atoms with Crippen LogP contribution in [0.2, 0.25) is 0 Å². The van der Waals surface area contributed by atoms with Crippen LogP contribution in [0.15, 0.2) is 18.7 Å². The molecule has 0 aliphatic heterocycles. The molecule has 0 radical (unpaired) electrons. The summed E-state index contributed by atoms with van der Waals surface area (Å²) in [4.78, 5) is 15.1. The Balaban J connectivity index is 1.97. The monoisotopic (exact) mass is 224 g/mol. The molecule has 0 N–H and O–H groups in total. The van der Waals surface area contributed by atoms with Crippen molar-refractivity contribution in [3.8, 4) is 0 Å². The van der Waals surface area contributed by atoms with Crippen molar-refractivity contribution in [3.05, 3.63) is 18.7 Å². The van der Waals surface area contributed by atoms with E-state index in [-0.39, 0.29) is 6.09 Å². The van der Waals surface area contributed by atoms with E-state index in [1.165, 1.54) is 36.6 Å². The van der Waals surface area contributed by atoms with Gasteiger partial charge in [0.15, 0.2) is 0 Å². The predicted molar refractivity (Wildman–Crippen MR) is 62.3 cm³/mol. The maximum absolute atomic E-state index is 11.3. The van der Waals surface area contributed by atoms with Gasteiger partial charge in [-0.05, 0) is 6.42 Å². The molecule has 0 amide bonds. The number of unbranched alkanes of at least 4 members (excludes halogenated alkanes) is 5. The third-order valence-electron chi connectivity index (χ3n) is 2.44. The van der Waals surface area contributed by atoms with Gasteiger partial charge in [0.1, 0.15) is 6.33 Å². The van der Waals surface area contributed by atoms with Crippen LogP contribution >= 0.6 is 0 Å². The van der Waals surface area contributed by atoms with Crippen molar-refractivity contribution in [2.45, 2.75) is 45.4 Å². The highest BCUT2D eigenvalue weighted by molar-refractivity contribution is 5.69. The Hall–Kier alpha value is -1.32. The lowest BCUT2D eigenvalue weighted by Crippen LogP contribution is -2.12. The first-order valence-corrected chi connectivity index (χ1v) is 5.99. The van der Waals surface area contributed by atoms with Crippen molar-refractivity contribution in [1.82, 2.24) is 9.55 Å². The van der Waals surface area contributed by atoms with E-state index in [2.05, 4.69) is 11.9 Å². The molecule has 0 spiro atoms. The number of hydrogen-bond acceptors (Lipinski definition) is 3. The molecule has 0 aromatic carbocycles. The van der Waals surface area contributed by atoms with Crippen molar-refractivity contribution in [2.75, 3.05) is 6.61 Å². The molecule has 1 aromatic rings. The second-order valence-corrected chi connectivity index (χ2v) is 3.85. The van der Waals surface area contributed by atoms with Gasteiger partial charge in [0, 0.05) is 12.4 Å². The number of carbonyl (C=O) groups is 1. The molecule has 0 atom stereocenters. The van der Waals surface area contributed by atoms with E-state index in [1.54, 1.807) is 12.4 Å². The third kappa shape index (κ3) is 4.96. The molecule has 1 rings (SSSR count). The maximum atomic E-state index is 11.3. The molecular weight excluding hydrogens is 204 g/mol. The van der Waals surface area contributed by atoms with Crippen LogP contribution in [0.4, 0.5) is 4.79 Å². The number of hydrogen-bond donors (Lipinski definition) is 0. The molecule has 0 aliphatic rings. The fraction of sp³-hybridized carbons (Fsp3) is 0.667. The highest BCUT2D eigenvalue weighted by Crippen LogP contribution is 2.05. The van der Waals surface area contributed by atoms with Crippen LogP contribution < -0.4 is 0 Å². The van der Waals surface area contributed by atoms with Gasteiger partial charge in [-0.1, -0.05) is 39.0 Å². The standard InChI is InChI=1S/C12H20N2O2/c1-2-3-4-5-6-7-10-16-12(15)14-9-8-13-11-14/h8-9,11H,2-7,10H2,1H3. The topological polar surface area (TPSA) is 44.1 Å². The van der Waals surface area contributed by atoms with E-state index in [1.807, 2.05) is 0 Å². The maximum Gasteiger partial charge on any atom is 0.419 e. The predicted octanol–water partition coefficient (Wildman–Crippen LogP) is 3.23. The van der Waals surface area contributed by atoms with Crippen molar-refractivity contribution in [3.63, 3.8) is 0 Å². The SMILES string of the molecule is CCCCCCCCOC(=O)n1ccnc1. The van der Waals surface area contributed by atoms with Gasteiger partial charge in [-0.15, -0.1) is 0 Å². The molecule has 90 valence electrons. The largest absolute Gasteiger partial charge is 0.449 e. The van der Waals surface area contributed by atoms with Crippen LogP contribution in [0.5, 0.6) is 0 Å². The number of aromatic nitrogens is 2. The van der Waals surface area contributed by atoms with Gasteiger partial charge in [-0.25, -0.2) is 14.3 Å². The Morgan fingerprint density at radius 3 is 2.69 bits per heavy atom. The fourth-order valence-electron chi connectivity index (χ4n) is 1.48. The summed E-state index contributed by atoms with van der Waals surface area (Å²) in [5, 5.41) is 0. The van der Waals surface area contributed by atoms with Gasteiger partial charge in [0.05, 0.1) is 6.61 Å². The number of imidazole rings is 1. The lowest BCUT2D eigenvalue weighted by molar-refractivity contribution is 0.145. The molecule has 4 nitrogen and oxygen atoms in total. The Morgan fingerprint density at radius 1 is 1.25 bits per heavy atom. The zero-order valence-corrected chi connectivity index (χ0v) is 9.89. The van der Waals surface area contributed by atoms with E-state index < -0.39 is 0 Å². The molecule has 0 fully saturated rings. The van der Waals surface area contributed by atoms with Crippen molar-refractivity contribution >= 4 is 6.09 Å². The number of nitrogens with zero attached hydrogens (tertiary/aromatic N) is 2. The molecule has 1 heterocycles. The van der Waals surface area contributed by atoms with Crippen LogP contribution in [-0.4, -0.2) is 22.3 Å². The average molecular weight is 224 g/mol. The second kappa shape index (κ2) is 7.91. The van der Waals surface area contributed by atoms with E-state index in [9.17, 15) is 4.79 Å². The zero-order chi connectivity index (χ0) is 11.6. The number of carbonyl (C=O) groups excluding carboxylic acids is 1. The molecule has 0 bridgehead atoms. The van der Waals surface area contributed by atoms with Gasteiger partial charge in [-0.2, -0.15) is 0 Å². The molecular formula is C12H20N2O2. The second-order valence-electron chi connectivity index (χ2n) is 3.85. The summed E-state index contributed by atoms with van der Waals surface area (Å²) in [6, 6.07) is 0. The quantitative estimate of drug-likeness (QED) is 0.668. The summed E-state index contributed by atoms with van der Waals surface area (Å²) in [5.41, 5.74) is 0. The first-order chi connectivity index (χ1) is 7.84. The number of rotatable bonds is 7. The van der Waals surface area contributed by atoms with Crippen LogP contribution in [0, 0.1) is 0 Å². The Morgan fingerprint density at radius 2 is 2.00 bits per heavy atom. The van der Waals surface area contributed by atoms with Gasteiger partial charge >= 0.3 is 6.09 Å². The minimum absolute atomic E-state index is 0.342. The Labute approximate surface area is 96.6 Å². The minimum Gasteiger partial charge on any atom is -0.449 e. The van der Waals surface area contributed by atoms with Crippen LogP contribution in [0.1, 0.15) is 45.4 Å². The van der Waals surface area contributed by atoms with E-state index in [4.69, 9.17) is 4.74 Å². The zero-order valence-electron chi connectivity index (χ0n) is 9.89. The molecule has 0 saturated carbocycles. The van der Waals surface area contributed by atoms with Crippen LogP contribution in [0.25, 0.3) is 0 Å². The van der Waals surface area contributed by atoms with Crippen LogP contribution in [0.3, 0.4) is 0 Å². The summed E-state index contributed by atoms with van der Waals surface area (Å²) in [5.74, 6) is 0. The minimum atomic E-state index is -0.342. The highest BCUT2D eigenvalue weighted by Gasteiger charge is 2.03. The smallest absolute Gasteiger partial charge is 0.419 e. The summed E-state index contributed by atoms with van der Waals surface area (Å²) < 4.78 is 6.42. The summed E-state index contributed by atoms with van der Waals surface area (Å²) in [7, 11) is 0. The lowest BCUT2D eigenvalue weighted by atomic mass is 10.1. The van der Waals surface area contributed by atoms with Crippen molar-refractivity contribution in [2.24, 2.45) is 0 Å². The van der Waals surface area contributed by atoms with E-state index in [0.717, 1.165) is 12.8 Å². The summed E-state index contributed by atoms with van der Waals surface area (Å²) in [6.07, 6.45) is 11.4. The first-order valence-electron chi connectivity index (χ1n) is 5.99. The van der Waals surface area contributed by atoms with Crippen molar-refractivity contribution < 1.29 is 9.53 Å². The van der Waals surface area contributed by atoms with Gasteiger partial charge in [-0.3, -0.25) is 0 Å². The number of ether oxygens (including phenoxy) is 1. The van der Waals surface area contributed by atoms with E-state index >= 15 is 0 Å². The van der Waals surface area contributed by atoms with Gasteiger partial charge in [0.25, 0.3) is 0 Å². The highest BCUT2D eigenvalue weighted by atomic mass is 16.5. The lowest BCUT2D eigenvalue weighted by Gasteiger charge is -2.04. The first kappa shape index (κ1) is 12.7. The molecule has 0 aliphatic carbocycles. The Bertz CT molecular complexity index is 283. The summed E-state index contributed by atoms with van der Waals surface area (Å²) in [6.45, 7) is 2.70.